The van der Waals surface area contributed by atoms with E-state index < -0.39 is 0 Å². The number of H-pyrrole nitrogens is 1. The third kappa shape index (κ3) is 2.19. The van der Waals surface area contributed by atoms with E-state index in [9.17, 15) is 4.39 Å². The number of halogens is 1. The summed E-state index contributed by atoms with van der Waals surface area (Å²) in [4.78, 5) is 4.91. The van der Waals surface area contributed by atoms with E-state index in [-0.39, 0.29) is 5.82 Å². The van der Waals surface area contributed by atoms with Gasteiger partial charge in [-0.25, -0.2) is 9.37 Å². The maximum Gasteiger partial charge on any atom is 0.123 e. The Kier molecular flexibility index (Phi) is 3.04. The monoisotopic (exact) mass is 332 g/mol. The second-order valence-corrected chi connectivity index (χ2v) is 6.61. The molecule has 0 bridgehead atoms. The normalized spacial score (nSPS) is 13.5. The molecule has 5 rings (SSSR count). The van der Waals surface area contributed by atoms with E-state index >= 15 is 0 Å². The molecule has 0 saturated carbocycles. The molecule has 0 amide bonds. The van der Waals surface area contributed by atoms with E-state index in [1.165, 1.54) is 6.07 Å². The molecule has 0 radical (unpaired) electrons. The molecule has 0 atom stereocenters. The molecule has 0 unspecified atom stereocenters. The van der Waals surface area contributed by atoms with E-state index in [2.05, 4.69) is 26.9 Å². The Balaban J connectivity index is 1.77. The van der Waals surface area contributed by atoms with Gasteiger partial charge in [-0.05, 0) is 49.2 Å². The van der Waals surface area contributed by atoms with E-state index in [0.29, 0.717) is 0 Å². The Morgan fingerprint density at radius 1 is 1.16 bits per heavy atom. The molecule has 0 fully saturated rings. The van der Waals surface area contributed by atoms with E-state index in [4.69, 9.17) is 4.98 Å². The molecule has 2 aromatic carbocycles. The predicted molar refractivity (Wildman–Crippen MR) is 95.8 cm³/mol. The van der Waals surface area contributed by atoms with Gasteiger partial charge in [0.2, 0.25) is 0 Å². The van der Waals surface area contributed by atoms with Crippen molar-refractivity contribution in [3.63, 3.8) is 0 Å². The molecule has 0 spiro atoms. The fourth-order valence-electron chi connectivity index (χ4n) is 3.79. The highest BCUT2D eigenvalue weighted by Gasteiger charge is 2.24. The van der Waals surface area contributed by atoms with Crippen LogP contribution < -0.4 is 0 Å². The summed E-state index contributed by atoms with van der Waals surface area (Å²) in [6.45, 7) is 2.91. The maximum absolute atomic E-state index is 13.6. The van der Waals surface area contributed by atoms with Gasteiger partial charge in [-0.3, -0.25) is 5.10 Å². The molecule has 4 nitrogen and oxygen atoms in total. The number of rotatable bonds is 2. The zero-order valence-corrected chi connectivity index (χ0v) is 13.9. The number of hydrogen-bond acceptors (Lipinski definition) is 2. The zero-order valence-electron chi connectivity index (χ0n) is 13.9. The van der Waals surface area contributed by atoms with Gasteiger partial charge >= 0.3 is 0 Å². The Labute approximate surface area is 144 Å². The largest absolute Gasteiger partial charge is 0.327 e. The van der Waals surface area contributed by atoms with Gasteiger partial charge in [0.1, 0.15) is 11.6 Å². The van der Waals surface area contributed by atoms with Crippen LogP contribution in [-0.2, 0) is 13.0 Å². The van der Waals surface area contributed by atoms with Crippen LogP contribution in [0.15, 0.2) is 42.6 Å². The minimum atomic E-state index is -0.214. The predicted octanol–water partition coefficient (Wildman–Crippen LogP) is 4.49. The summed E-state index contributed by atoms with van der Waals surface area (Å²) in [6, 6.07) is 11.2. The van der Waals surface area contributed by atoms with Gasteiger partial charge < -0.3 is 4.57 Å². The van der Waals surface area contributed by atoms with Crippen molar-refractivity contribution in [2.45, 2.75) is 26.3 Å². The number of nitrogens with one attached hydrogen (secondary N) is 1. The first-order chi connectivity index (χ1) is 12.2. The lowest BCUT2D eigenvalue weighted by molar-refractivity contribution is 0.627. The lowest BCUT2D eigenvalue weighted by Crippen LogP contribution is -1.97. The average molecular weight is 332 g/mol. The summed E-state index contributed by atoms with van der Waals surface area (Å²) in [6.07, 6.45) is 3.94. The van der Waals surface area contributed by atoms with Crippen LogP contribution in [0.5, 0.6) is 0 Å². The zero-order chi connectivity index (χ0) is 17.0. The second-order valence-electron chi connectivity index (χ2n) is 6.61. The van der Waals surface area contributed by atoms with Crippen LogP contribution in [-0.4, -0.2) is 19.7 Å². The van der Waals surface area contributed by atoms with Gasteiger partial charge in [-0.15, -0.1) is 0 Å². The molecule has 124 valence electrons. The molecule has 4 aromatic rings. The van der Waals surface area contributed by atoms with Crippen LogP contribution in [0, 0.1) is 12.7 Å². The van der Waals surface area contributed by atoms with Crippen molar-refractivity contribution >= 4 is 10.9 Å². The molecule has 1 N–H and O–H groups in total. The maximum atomic E-state index is 13.6. The summed E-state index contributed by atoms with van der Waals surface area (Å²) in [5.74, 6) is 0.899. The quantitative estimate of drug-likeness (QED) is 0.588. The minimum Gasteiger partial charge on any atom is -0.327 e. The molecular weight excluding hydrogens is 315 g/mol. The first-order valence-electron chi connectivity index (χ1n) is 8.50. The first kappa shape index (κ1) is 14.4. The molecule has 2 aromatic heterocycles. The molecule has 1 aliphatic heterocycles. The Hall–Kier alpha value is -2.95. The van der Waals surface area contributed by atoms with Crippen molar-refractivity contribution in [2.24, 2.45) is 0 Å². The summed E-state index contributed by atoms with van der Waals surface area (Å²) < 4.78 is 15.9. The number of aromatic nitrogens is 4. The number of nitrogens with zero attached hydrogens (tertiary/aromatic N) is 3. The van der Waals surface area contributed by atoms with Gasteiger partial charge in [0.25, 0.3) is 0 Å². The average Bonchev–Trinajstić information content (AvgIpc) is 3.29. The summed E-state index contributed by atoms with van der Waals surface area (Å²) in [5.41, 5.74) is 6.09. The molecule has 3 heterocycles. The van der Waals surface area contributed by atoms with Crippen molar-refractivity contribution < 1.29 is 4.39 Å². The Morgan fingerprint density at radius 3 is 2.96 bits per heavy atom. The standard InChI is InChI=1S/C20H17FN4/c1-12-9-15(21)5-6-16(12)19-20(25-8-2-3-18(25)23-19)13-4-7-17-14(10-13)11-22-24-17/h4-7,9-11H,2-3,8H2,1H3,(H,22,24). The molecule has 5 heteroatoms. The number of benzene rings is 2. The van der Waals surface area contributed by atoms with Gasteiger partial charge in [0.15, 0.2) is 0 Å². The van der Waals surface area contributed by atoms with E-state index in [1.54, 1.807) is 6.07 Å². The third-order valence-electron chi connectivity index (χ3n) is 4.99. The van der Waals surface area contributed by atoms with Crippen molar-refractivity contribution in [3.05, 3.63) is 59.8 Å². The SMILES string of the molecule is Cc1cc(F)ccc1-c1nc2n(c1-c1ccc3[nH]ncc3c1)CCC2. The lowest BCUT2D eigenvalue weighted by Gasteiger charge is -2.10. The highest BCUT2D eigenvalue weighted by atomic mass is 19.1. The smallest absolute Gasteiger partial charge is 0.123 e. The highest BCUT2D eigenvalue weighted by molar-refractivity contribution is 5.88. The van der Waals surface area contributed by atoms with Crippen molar-refractivity contribution in [2.75, 3.05) is 0 Å². The van der Waals surface area contributed by atoms with Gasteiger partial charge in [0, 0.05) is 29.5 Å². The van der Waals surface area contributed by atoms with Crippen LogP contribution in [0.2, 0.25) is 0 Å². The van der Waals surface area contributed by atoms with Crippen LogP contribution >= 0.6 is 0 Å². The molecular formula is C20H17FN4. The summed E-state index contributed by atoms with van der Waals surface area (Å²) in [7, 11) is 0. The molecule has 25 heavy (non-hydrogen) atoms. The molecule has 0 aliphatic carbocycles. The highest BCUT2D eigenvalue weighted by Crippen LogP contribution is 2.37. The third-order valence-corrected chi connectivity index (χ3v) is 4.99. The van der Waals surface area contributed by atoms with Gasteiger partial charge in [-0.1, -0.05) is 6.07 Å². The van der Waals surface area contributed by atoms with Crippen molar-refractivity contribution in [1.82, 2.24) is 19.7 Å². The fraction of sp³-hybridized carbons (Fsp3) is 0.200. The van der Waals surface area contributed by atoms with E-state index in [0.717, 1.165) is 64.2 Å². The lowest BCUT2D eigenvalue weighted by atomic mass is 10.00. The number of imidazole rings is 1. The van der Waals surface area contributed by atoms with Crippen LogP contribution in [0.25, 0.3) is 33.4 Å². The number of aryl methyl sites for hydroxylation is 2. The van der Waals surface area contributed by atoms with Gasteiger partial charge in [-0.2, -0.15) is 5.10 Å². The second kappa shape index (κ2) is 5.28. The topological polar surface area (TPSA) is 46.5 Å². The van der Waals surface area contributed by atoms with Crippen LogP contribution in [0.3, 0.4) is 0 Å². The fourth-order valence-corrected chi connectivity index (χ4v) is 3.79. The number of aromatic amines is 1. The Bertz CT molecular complexity index is 1110. The summed E-state index contributed by atoms with van der Waals surface area (Å²) >= 11 is 0. The first-order valence-corrected chi connectivity index (χ1v) is 8.50. The minimum absolute atomic E-state index is 0.214. The molecule has 1 aliphatic rings. The van der Waals surface area contributed by atoms with Gasteiger partial charge in [0.05, 0.1) is 23.1 Å². The Morgan fingerprint density at radius 2 is 2.08 bits per heavy atom. The van der Waals surface area contributed by atoms with Crippen molar-refractivity contribution in [1.29, 1.82) is 0 Å². The van der Waals surface area contributed by atoms with Crippen molar-refractivity contribution in [3.8, 4) is 22.5 Å². The van der Waals surface area contributed by atoms with Crippen LogP contribution in [0.1, 0.15) is 17.8 Å². The summed E-state index contributed by atoms with van der Waals surface area (Å²) in [5, 5.41) is 8.18. The molecule has 0 saturated heterocycles. The van der Waals surface area contributed by atoms with Crippen LogP contribution in [0.4, 0.5) is 4.39 Å². The van der Waals surface area contributed by atoms with E-state index in [1.807, 2.05) is 25.3 Å². The number of fused-ring (bicyclic) bond motifs is 2. The number of hydrogen-bond donors (Lipinski definition) is 1.